The highest BCUT2D eigenvalue weighted by Gasteiger charge is 2.25. The average Bonchev–Trinajstić information content (AvgIpc) is 3.35. The Morgan fingerprint density at radius 3 is 2.93 bits per heavy atom. The number of nitrogens with zero attached hydrogens (tertiary/aromatic N) is 2. The molecule has 6 nitrogen and oxygen atoms in total. The van der Waals surface area contributed by atoms with Gasteiger partial charge < -0.3 is 19.7 Å². The van der Waals surface area contributed by atoms with E-state index >= 15 is 0 Å². The van der Waals surface area contributed by atoms with Crippen LogP contribution in [0.2, 0.25) is 0 Å². The number of ether oxygens (including phenoxy) is 2. The average molecular weight is 388 g/mol. The third-order valence-corrected chi connectivity index (χ3v) is 5.98. The third kappa shape index (κ3) is 4.09. The number of rotatable bonds is 6. The van der Waals surface area contributed by atoms with Gasteiger partial charge in [0.15, 0.2) is 11.5 Å². The summed E-state index contributed by atoms with van der Waals surface area (Å²) in [5.41, 5.74) is 1.83. The van der Waals surface area contributed by atoms with Gasteiger partial charge in [0.2, 0.25) is 12.7 Å². The van der Waals surface area contributed by atoms with Crippen LogP contribution >= 0.6 is 11.3 Å². The number of amides is 1. The highest BCUT2D eigenvalue weighted by Crippen LogP contribution is 2.36. The maximum atomic E-state index is 12.9. The molecule has 144 valence electrons. The van der Waals surface area contributed by atoms with Gasteiger partial charge in [-0.1, -0.05) is 6.92 Å². The number of benzene rings is 1. The molecule has 1 fully saturated rings. The number of fused-ring (bicyclic) bond motifs is 1. The van der Waals surface area contributed by atoms with E-state index in [0.717, 1.165) is 66.7 Å². The molecular formula is C20H25N3O3S. The minimum absolute atomic E-state index is 0.186. The fourth-order valence-electron chi connectivity index (χ4n) is 3.68. The van der Waals surface area contributed by atoms with Crippen LogP contribution in [0.1, 0.15) is 31.9 Å². The Kier molecular flexibility index (Phi) is 5.59. The second-order valence-corrected chi connectivity index (χ2v) is 7.82. The molecule has 1 saturated heterocycles. The van der Waals surface area contributed by atoms with Crippen molar-refractivity contribution in [1.82, 2.24) is 15.2 Å². The maximum absolute atomic E-state index is 12.9. The van der Waals surface area contributed by atoms with Gasteiger partial charge >= 0.3 is 0 Å². The molecule has 0 aliphatic carbocycles. The predicted molar refractivity (Wildman–Crippen MR) is 105 cm³/mol. The van der Waals surface area contributed by atoms with Crippen LogP contribution in [0.25, 0.3) is 10.6 Å². The molecule has 4 rings (SSSR count). The summed E-state index contributed by atoms with van der Waals surface area (Å²) in [5, 5.41) is 6.26. The largest absolute Gasteiger partial charge is 0.454 e. The zero-order chi connectivity index (χ0) is 18.6. The van der Waals surface area contributed by atoms with Crippen molar-refractivity contribution in [2.24, 2.45) is 0 Å². The van der Waals surface area contributed by atoms with E-state index in [2.05, 4.69) is 17.1 Å². The van der Waals surface area contributed by atoms with Crippen LogP contribution in [0.15, 0.2) is 23.6 Å². The lowest BCUT2D eigenvalue weighted by atomic mass is 10.0. The van der Waals surface area contributed by atoms with E-state index in [1.165, 1.54) is 0 Å². The lowest BCUT2D eigenvalue weighted by Gasteiger charge is -2.34. The summed E-state index contributed by atoms with van der Waals surface area (Å²) in [6, 6.07) is 6.19. The quantitative estimate of drug-likeness (QED) is 0.825. The fraction of sp³-hybridized carbons (Fsp3) is 0.500. The van der Waals surface area contributed by atoms with Gasteiger partial charge in [-0.15, -0.1) is 11.3 Å². The Balaban J connectivity index is 1.45. The van der Waals surface area contributed by atoms with Gasteiger partial charge in [0, 0.05) is 23.5 Å². The Hall–Kier alpha value is -2.12. The van der Waals surface area contributed by atoms with E-state index in [0.29, 0.717) is 12.5 Å². The number of thiazole rings is 1. The summed E-state index contributed by atoms with van der Waals surface area (Å²) in [7, 11) is 0. The minimum Gasteiger partial charge on any atom is -0.454 e. The number of carbonyl (C=O) groups excluding carboxylic acids is 1. The van der Waals surface area contributed by atoms with Gasteiger partial charge in [0.25, 0.3) is 0 Å². The Morgan fingerprint density at radius 2 is 2.11 bits per heavy atom. The first-order valence-electron chi connectivity index (χ1n) is 9.59. The second kappa shape index (κ2) is 8.27. The number of nitrogens with one attached hydrogen (secondary N) is 1. The molecule has 0 unspecified atom stereocenters. The topological polar surface area (TPSA) is 63.7 Å². The van der Waals surface area contributed by atoms with E-state index < -0.39 is 0 Å². The molecule has 0 spiro atoms. The summed E-state index contributed by atoms with van der Waals surface area (Å²) in [6.07, 6.45) is 3.41. The van der Waals surface area contributed by atoms with Gasteiger partial charge in [0.1, 0.15) is 5.01 Å². The maximum Gasteiger partial charge on any atom is 0.231 e. The first-order valence-corrected chi connectivity index (χ1v) is 10.5. The Morgan fingerprint density at radius 1 is 1.30 bits per heavy atom. The molecule has 0 atom stereocenters. The van der Waals surface area contributed by atoms with Crippen LogP contribution in [-0.4, -0.2) is 48.3 Å². The number of piperidine rings is 1. The molecular weight excluding hydrogens is 362 g/mol. The van der Waals surface area contributed by atoms with Gasteiger partial charge in [-0.2, -0.15) is 0 Å². The molecule has 27 heavy (non-hydrogen) atoms. The van der Waals surface area contributed by atoms with E-state index in [1.54, 1.807) is 11.3 Å². The smallest absolute Gasteiger partial charge is 0.231 e. The molecule has 0 radical (unpaired) electrons. The van der Waals surface area contributed by atoms with Crippen molar-refractivity contribution in [2.45, 2.75) is 38.6 Å². The molecule has 2 aromatic rings. The van der Waals surface area contributed by atoms with Crippen LogP contribution in [0.5, 0.6) is 11.5 Å². The van der Waals surface area contributed by atoms with Crippen molar-refractivity contribution in [2.75, 3.05) is 26.4 Å². The van der Waals surface area contributed by atoms with Gasteiger partial charge in [-0.25, -0.2) is 4.98 Å². The molecule has 1 amide bonds. The van der Waals surface area contributed by atoms with Crippen molar-refractivity contribution >= 4 is 17.2 Å². The van der Waals surface area contributed by atoms with Crippen LogP contribution in [-0.2, 0) is 11.2 Å². The molecule has 3 heterocycles. The molecule has 0 bridgehead atoms. The van der Waals surface area contributed by atoms with E-state index in [4.69, 9.17) is 14.5 Å². The van der Waals surface area contributed by atoms with E-state index in [-0.39, 0.29) is 12.7 Å². The number of hydrogen-bond donors (Lipinski definition) is 1. The minimum atomic E-state index is 0.186. The summed E-state index contributed by atoms with van der Waals surface area (Å²) < 4.78 is 10.8. The van der Waals surface area contributed by atoms with Gasteiger partial charge in [-0.3, -0.25) is 4.79 Å². The number of aromatic nitrogens is 1. The highest BCUT2D eigenvalue weighted by molar-refractivity contribution is 7.13. The summed E-state index contributed by atoms with van der Waals surface area (Å²) in [4.78, 5) is 19.7. The number of carbonyl (C=O) groups is 1. The molecule has 1 N–H and O–H groups in total. The zero-order valence-corrected chi connectivity index (χ0v) is 16.4. The molecule has 2 aliphatic rings. The van der Waals surface area contributed by atoms with E-state index in [9.17, 15) is 4.79 Å². The standard InChI is InChI=1S/C20H25N3O3S/c1-2-9-23(16-5-7-21-8-6-16)19(24)11-15-12-27-20(22-15)14-3-4-17-18(10-14)26-13-25-17/h3-4,10,12,16,21H,2,5-9,11,13H2,1H3. The third-order valence-electron chi connectivity index (χ3n) is 5.04. The van der Waals surface area contributed by atoms with Crippen molar-refractivity contribution in [3.8, 4) is 22.1 Å². The van der Waals surface area contributed by atoms with E-state index in [1.807, 2.05) is 23.6 Å². The van der Waals surface area contributed by atoms with Crippen LogP contribution < -0.4 is 14.8 Å². The predicted octanol–water partition coefficient (Wildman–Crippen LogP) is 3.07. The van der Waals surface area contributed by atoms with Crippen molar-refractivity contribution in [1.29, 1.82) is 0 Å². The first kappa shape index (κ1) is 18.3. The summed E-state index contributed by atoms with van der Waals surface area (Å²) >= 11 is 1.56. The van der Waals surface area contributed by atoms with Crippen LogP contribution in [0.4, 0.5) is 0 Å². The SMILES string of the molecule is CCCN(C(=O)Cc1csc(-c2ccc3c(c2)OCO3)n1)C1CCNCC1. The highest BCUT2D eigenvalue weighted by atomic mass is 32.1. The van der Waals surface area contributed by atoms with Crippen molar-refractivity contribution < 1.29 is 14.3 Å². The molecule has 1 aromatic heterocycles. The molecule has 1 aromatic carbocycles. The Labute approximate surface area is 163 Å². The van der Waals surface area contributed by atoms with Crippen molar-refractivity contribution in [3.63, 3.8) is 0 Å². The molecule has 0 saturated carbocycles. The monoisotopic (exact) mass is 387 g/mol. The fourth-order valence-corrected chi connectivity index (χ4v) is 4.49. The second-order valence-electron chi connectivity index (χ2n) is 6.96. The van der Waals surface area contributed by atoms with Crippen LogP contribution in [0.3, 0.4) is 0 Å². The van der Waals surface area contributed by atoms with Crippen molar-refractivity contribution in [3.05, 3.63) is 29.3 Å². The summed E-state index contributed by atoms with van der Waals surface area (Å²) in [5.74, 6) is 1.70. The summed E-state index contributed by atoms with van der Waals surface area (Å²) in [6.45, 7) is 5.19. The lowest BCUT2D eigenvalue weighted by Crippen LogP contribution is -2.47. The molecule has 7 heteroatoms. The van der Waals surface area contributed by atoms with Gasteiger partial charge in [0.05, 0.1) is 12.1 Å². The number of hydrogen-bond acceptors (Lipinski definition) is 6. The van der Waals surface area contributed by atoms with Gasteiger partial charge in [-0.05, 0) is 50.6 Å². The van der Waals surface area contributed by atoms with Crippen LogP contribution in [0, 0.1) is 0 Å². The normalized spacial score (nSPS) is 16.5. The Bertz CT molecular complexity index is 802. The molecule has 2 aliphatic heterocycles. The zero-order valence-electron chi connectivity index (χ0n) is 15.6. The first-order chi connectivity index (χ1) is 13.2. The lowest BCUT2D eigenvalue weighted by molar-refractivity contribution is -0.133.